The zero-order valence-corrected chi connectivity index (χ0v) is 23.6. The van der Waals surface area contributed by atoms with E-state index in [2.05, 4.69) is 26.0 Å². The fraction of sp³-hybridized carbons (Fsp3) is 0. The number of aromatic nitrogens is 4. The van der Waals surface area contributed by atoms with E-state index in [9.17, 15) is 10.1 Å². The Morgan fingerprint density at radius 1 is 0.757 bits per heavy atom. The van der Waals surface area contributed by atoms with Gasteiger partial charge in [0.1, 0.15) is 0 Å². The molecule has 6 rings (SSSR count). The molecule has 0 aliphatic rings. The minimum atomic E-state index is -0.826. The number of aromatic amines is 2. The molecule has 2 aromatic carbocycles. The molecule has 8 nitrogen and oxygen atoms in total. The van der Waals surface area contributed by atoms with Crippen molar-refractivity contribution in [2.45, 2.75) is 0 Å². The molecule has 0 bridgehead atoms. The van der Waals surface area contributed by atoms with Crippen molar-refractivity contribution in [3.8, 4) is 22.8 Å². The second kappa shape index (κ2) is 12.6. The Kier molecular flexibility index (Phi) is 8.99. The SMILES string of the molecule is Nc1ccc2[nH]c(-c3ccccn3)cc2c1.O=[N+]([O-])c1ccc2[nH]c(-c3ccccn3)cc2c1.[Cl][Sn][Cl]. The molecule has 0 aliphatic carbocycles. The molecule has 0 amide bonds. The van der Waals surface area contributed by atoms with Gasteiger partial charge in [-0.2, -0.15) is 0 Å². The quantitative estimate of drug-likeness (QED) is 0.0838. The molecule has 0 saturated carbocycles. The number of hydrogen-bond donors (Lipinski definition) is 3. The van der Waals surface area contributed by atoms with Crippen LogP contribution in [-0.4, -0.2) is 43.7 Å². The number of nitrogens with two attached hydrogens (primary N) is 1. The van der Waals surface area contributed by atoms with Crippen LogP contribution in [0.15, 0.2) is 97.3 Å². The van der Waals surface area contributed by atoms with Crippen molar-refractivity contribution in [3.05, 3.63) is 107 Å². The molecular formula is C26H20Cl2N6O2Sn. The molecule has 0 spiro atoms. The van der Waals surface area contributed by atoms with E-state index in [4.69, 9.17) is 23.6 Å². The van der Waals surface area contributed by atoms with Crippen LogP contribution in [0.5, 0.6) is 0 Å². The number of non-ortho nitro benzene ring substituents is 1. The van der Waals surface area contributed by atoms with E-state index < -0.39 is 23.8 Å². The molecule has 0 saturated heterocycles. The van der Waals surface area contributed by atoms with Crippen molar-refractivity contribution in [2.24, 2.45) is 0 Å². The van der Waals surface area contributed by atoms with Crippen LogP contribution in [0.3, 0.4) is 0 Å². The molecule has 6 aromatic rings. The normalized spacial score (nSPS) is 10.3. The third kappa shape index (κ3) is 6.79. The van der Waals surface area contributed by atoms with Crippen LogP contribution in [0, 0.1) is 10.1 Å². The van der Waals surface area contributed by atoms with Crippen LogP contribution in [0.2, 0.25) is 0 Å². The minimum absolute atomic E-state index is 0.0917. The fourth-order valence-corrected chi connectivity index (χ4v) is 3.70. The Morgan fingerprint density at radius 2 is 1.27 bits per heavy atom. The molecule has 11 heteroatoms. The second-order valence-corrected chi connectivity index (χ2v) is 12.0. The van der Waals surface area contributed by atoms with E-state index in [0.29, 0.717) is 0 Å². The first-order valence-corrected chi connectivity index (χ1v) is 18.2. The fourth-order valence-electron chi connectivity index (χ4n) is 3.70. The van der Waals surface area contributed by atoms with Crippen LogP contribution >= 0.6 is 17.8 Å². The summed E-state index contributed by atoms with van der Waals surface area (Å²) in [4.78, 5) is 25.4. The van der Waals surface area contributed by atoms with Gasteiger partial charge in [-0.05, 0) is 60.7 Å². The van der Waals surface area contributed by atoms with Crippen molar-refractivity contribution in [3.63, 3.8) is 0 Å². The number of hydrogen-bond acceptors (Lipinski definition) is 5. The molecule has 0 unspecified atom stereocenters. The van der Waals surface area contributed by atoms with E-state index in [1.54, 1.807) is 24.5 Å². The standard InChI is InChI=1S/C13H9N3O2.C13H11N3.2ClH.Sn/c17-16(18)10-4-5-11-9(7-10)8-13(15-11)12-3-1-2-6-14-12;14-10-4-5-11-9(7-10)8-13(16-11)12-3-1-2-6-15-12;;;/h1-8,15H;1-8,16H,14H2;2*1H;/q;;;;+2/p-2. The van der Waals surface area contributed by atoms with Gasteiger partial charge in [0.2, 0.25) is 0 Å². The monoisotopic (exact) mass is 638 g/mol. The Labute approximate surface area is 229 Å². The molecule has 2 radical (unpaired) electrons. The Hall–Kier alpha value is -3.60. The molecule has 0 fully saturated rings. The van der Waals surface area contributed by atoms with Gasteiger partial charge in [-0.25, -0.2) is 0 Å². The van der Waals surface area contributed by atoms with E-state index in [1.165, 1.54) is 6.07 Å². The summed E-state index contributed by atoms with van der Waals surface area (Å²) in [7, 11) is 9.87. The van der Waals surface area contributed by atoms with Gasteiger partial charge in [0.15, 0.2) is 0 Å². The molecule has 0 aliphatic heterocycles. The summed E-state index contributed by atoms with van der Waals surface area (Å²) in [5, 5.41) is 12.6. The van der Waals surface area contributed by atoms with E-state index in [-0.39, 0.29) is 5.69 Å². The first-order chi connectivity index (χ1) is 18.0. The van der Waals surface area contributed by atoms with Gasteiger partial charge < -0.3 is 15.7 Å². The van der Waals surface area contributed by atoms with Gasteiger partial charge in [-0.15, -0.1) is 0 Å². The van der Waals surface area contributed by atoms with Crippen LogP contribution in [0.1, 0.15) is 0 Å². The molecule has 4 heterocycles. The van der Waals surface area contributed by atoms with Crippen LogP contribution in [0.4, 0.5) is 11.4 Å². The van der Waals surface area contributed by atoms with E-state index >= 15 is 0 Å². The predicted octanol–water partition coefficient (Wildman–Crippen LogP) is 6.95. The number of fused-ring (bicyclic) bond motifs is 2. The van der Waals surface area contributed by atoms with Gasteiger partial charge in [0.05, 0.1) is 27.7 Å². The van der Waals surface area contributed by atoms with Crippen molar-refractivity contribution < 1.29 is 4.92 Å². The van der Waals surface area contributed by atoms with Gasteiger partial charge >= 0.3 is 36.7 Å². The molecular weight excluding hydrogens is 618 g/mol. The number of nitrogens with zero attached hydrogens (tertiary/aromatic N) is 3. The zero-order chi connectivity index (χ0) is 26.2. The summed E-state index contributed by atoms with van der Waals surface area (Å²) in [6.07, 6.45) is 3.50. The second-order valence-electron chi connectivity index (χ2n) is 7.74. The molecule has 4 aromatic heterocycles. The van der Waals surface area contributed by atoms with Gasteiger partial charge in [-0.1, -0.05) is 12.1 Å². The number of anilines is 1. The maximum absolute atomic E-state index is 10.7. The Balaban J connectivity index is 0.000000157. The third-order valence-electron chi connectivity index (χ3n) is 5.34. The number of rotatable bonds is 3. The van der Waals surface area contributed by atoms with Crippen molar-refractivity contribution in [1.82, 2.24) is 19.9 Å². The average molecular weight is 638 g/mol. The molecule has 184 valence electrons. The van der Waals surface area contributed by atoms with E-state index in [1.807, 2.05) is 60.7 Å². The number of nitrogens with one attached hydrogen (secondary N) is 2. The third-order valence-corrected chi connectivity index (χ3v) is 5.34. The number of nitro benzene ring substituents is 1. The van der Waals surface area contributed by atoms with Gasteiger partial charge in [-0.3, -0.25) is 20.1 Å². The predicted molar refractivity (Wildman–Crippen MR) is 152 cm³/mol. The summed E-state index contributed by atoms with van der Waals surface area (Å²) in [5.74, 6) is 0. The first-order valence-electron chi connectivity index (χ1n) is 10.9. The van der Waals surface area contributed by atoms with Crippen LogP contribution in [0.25, 0.3) is 44.6 Å². The van der Waals surface area contributed by atoms with Crippen LogP contribution in [-0.2, 0) is 0 Å². The summed E-state index contributed by atoms with van der Waals surface area (Å²) < 4.78 is 0. The van der Waals surface area contributed by atoms with Crippen molar-refractivity contribution in [2.75, 3.05) is 5.73 Å². The van der Waals surface area contributed by atoms with Gasteiger partial charge in [0, 0.05) is 52.0 Å². The van der Waals surface area contributed by atoms with Gasteiger partial charge in [0.25, 0.3) is 5.69 Å². The Morgan fingerprint density at radius 3 is 1.76 bits per heavy atom. The van der Waals surface area contributed by atoms with Crippen molar-refractivity contribution >= 4 is 69.9 Å². The topological polar surface area (TPSA) is 127 Å². The number of nitrogen functional groups attached to an aromatic ring is 1. The molecule has 37 heavy (non-hydrogen) atoms. The Bertz CT molecular complexity index is 1620. The number of benzene rings is 2. The summed E-state index contributed by atoms with van der Waals surface area (Å²) in [6.45, 7) is 0. The average Bonchev–Trinajstić information content (AvgIpc) is 3.54. The summed E-state index contributed by atoms with van der Waals surface area (Å²) >= 11 is -0.826. The summed E-state index contributed by atoms with van der Waals surface area (Å²) in [6, 6.07) is 26.0. The molecule has 4 N–H and O–H groups in total. The number of pyridine rings is 2. The number of H-pyrrole nitrogens is 2. The number of halogens is 2. The van der Waals surface area contributed by atoms with E-state index in [0.717, 1.165) is 50.3 Å². The first kappa shape index (κ1) is 26.5. The zero-order valence-electron chi connectivity index (χ0n) is 19.2. The number of nitro groups is 1. The molecule has 0 atom stereocenters. The van der Waals surface area contributed by atoms with Crippen molar-refractivity contribution in [1.29, 1.82) is 0 Å². The summed E-state index contributed by atoms with van der Waals surface area (Å²) in [5.41, 5.74) is 12.2. The maximum atomic E-state index is 10.7. The van der Waals surface area contributed by atoms with Crippen LogP contribution < -0.4 is 5.73 Å².